The van der Waals surface area contributed by atoms with Crippen LogP contribution in [0.4, 0.5) is 0 Å². The number of carboxylic acids is 3. The molecule has 1 aromatic rings. The number of nitrogens with zero attached hydrogens (tertiary/aromatic N) is 5. The number of rotatable bonds is 14. The lowest BCUT2D eigenvalue weighted by molar-refractivity contribution is -0.140. The third kappa shape index (κ3) is 15.2. The second kappa shape index (κ2) is 19.1. The van der Waals surface area contributed by atoms with Gasteiger partial charge in [-0.25, -0.2) is 4.99 Å². The molecule has 2 amide bonds. The van der Waals surface area contributed by atoms with Crippen molar-refractivity contribution in [2.24, 2.45) is 16.5 Å². The first-order valence-corrected chi connectivity index (χ1v) is 14.1. The van der Waals surface area contributed by atoms with E-state index in [1.807, 2.05) is 4.90 Å². The summed E-state index contributed by atoms with van der Waals surface area (Å²) in [4.78, 5) is 70.2. The highest BCUT2D eigenvalue weighted by Crippen LogP contribution is 2.07. The van der Waals surface area contributed by atoms with Gasteiger partial charge in [-0.2, -0.15) is 0 Å². The van der Waals surface area contributed by atoms with Crippen molar-refractivity contribution in [3.05, 3.63) is 35.4 Å². The smallest absolute Gasteiger partial charge is 0.317 e. The van der Waals surface area contributed by atoms with Gasteiger partial charge in [0.25, 0.3) is 5.91 Å². The predicted molar refractivity (Wildman–Crippen MR) is 160 cm³/mol. The summed E-state index contributed by atoms with van der Waals surface area (Å²) in [6, 6.07) is 6.82. The number of carbonyl (C=O) groups excluding carboxylic acids is 2. The summed E-state index contributed by atoms with van der Waals surface area (Å²) in [5.41, 5.74) is 11.9. The van der Waals surface area contributed by atoms with Gasteiger partial charge in [0.05, 0.1) is 32.7 Å². The minimum atomic E-state index is -1.03. The number of benzene rings is 1. The van der Waals surface area contributed by atoms with Crippen LogP contribution in [0.1, 0.15) is 15.9 Å². The zero-order valence-corrected chi connectivity index (χ0v) is 24.7. The molecular weight excluding hydrogens is 578 g/mol. The van der Waals surface area contributed by atoms with Crippen LogP contribution in [0.2, 0.25) is 0 Å². The Morgan fingerprint density at radius 3 is 1.55 bits per heavy atom. The third-order valence-electron chi connectivity index (χ3n) is 6.74. The molecular formula is C27H43N9O8. The summed E-state index contributed by atoms with van der Waals surface area (Å²) in [6.45, 7) is 2.22. The molecule has 0 saturated carbocycles. The van der Waals surface area contributed by atoms with Crippen molar-refractivity contribution >= 4 is 35.7 Å². The van der Waals surface area contributed by atoms with Gasteiger partial charge in [0.1, 0.15) is 0 Å². The van der Waals surface area contributed by atoms with Crippen LogP contribution in [-0.2, 0) is 25.7 Å². The number of nitrogens with two attached hydrogens (primary N) is 2. The number of carboxylic acid groups (broad SMARTS) is 3. The summed E-state index contributed by atoms with van der Waals surface area (Å²) in [5, 5.41) is 33.5. The molecule has 1 aliphatic heterocycles. The highest BCUT2D eigenvalue weighted by atomic mass is 16.4. The number of carbonyl (C=O) groups is 5. The van der Waals surface area contributed by atoms with Crippen LogP contribution in [0.25, 0.3) is 0 Å². The molecule has 0 aromatic heterocycles. The molecule has 0 aliphatic carbocycles. The molecule has 1 fully saturated rings. The van der Waals surface area contributed by atoms with Crippen LogP contribution in [-0.4, -0.2) is 162 Å². The highest BCUT2D eigenvalue weighted by molar-refractivity contribution is 5.94. The first-order valence-electron chi connectivity index (χ1n) is 14.1. The van der Waals surface area contributed by atoms with E-state index in [1.165, 1.54) is 0 Å². The van der Waals surface area contributed by atoms with Crippen LogP contribution < -0.4 is 22.1 Å². The molecule has 0 spiro atoms. The number of aliphatic imine (C=N–C) groups is 1. The Morgan fingerprint density at radius 2 is 1.11 bits per heavy atom. The van der Waals surface area contributed by atoms with Gasteiger partial charge in [-0.1, -0.05) is 12.1 Å². The maximum Gasteiger partial charge on any atom is 0.317 e. The summed E-state index contributed by atoms with van der Waals surface area (Å²) in [6.07, 6.45) is 0. The van der Waals surface area contributed by atoms with Crippen LogP contribution in [0.15, 0.2) is 29.3 Å². The fourth-order valence-corrected chi connectivity index (χ4v) is 4.52. The lowest BCUT2D eigenvalue weighted by Crippen LogP contribution is -2.50. The standard InChI is InChI=1S/C27H43N9O8/c28-27(29)32-15-20-2-1-3-21(14-20)26(44)31-5-4-30-22(37)16-33-6-8-34(17-23(38)39)10-12-36(19-25(42)43)13-11-35(9-7-33)18-24(40)41/h1-3,14H,4-13,15-19H2,(H,30,37)(H,31,44)(H,38,39)(H,40,41)(H,42,43)(H4,28,29,32). The van der Waals surface area contributed by atoms with Gasteiger partial charge >= 0.3 is 17.9 Å². The topological polar surface area (TPSA) is 247 Å². The monoisotopic (exact) mass is 621 g/mol. The maximum atomic E-state index is 12.8. The second-order valence-corrected chi connectivity index (χ2v) is 10.3. The Hall–Kier alpha value is -4.32. The van der Waals surface area contributed by atoms with Crippen molar-refractivity contribution in [3.63, 3.8) is 0 Å². The quantitative estimate of drug-likeness (QED) is 0.0614. The summed E-state index contributed by atoms with van der Waals surface area (Å²) < 4.78 is 0. The first-order chi connectivity index (χ1) is 20.9. The number of amides is 2. The van der Waals surface area contributed by atoms with Crippen LogP contribution in [0, 0.1) is 0 Å². The SMILES string of the molecule is NC(N)=NCc1cccc(C(=O)NCCNC(=O)CN2CCN(CC(=O)O)CCN(CC(=O)O)CCN(CC(=O)O)CC2)c1. The van der Waals surface area contributed by atoms with Crippen molar-refractivity contribution in [2.45, 2.75) is 6.54 Å². The highest BCUT2D eigenvalue weighted by Gasteiger charge is 2.21. The molecule has 244 valence electrons. The van der Waals surface area contributed by atoms with E-state index >= 15 is 0 Å². The van der Waals surface area contributed by atoms with Crippen molar-refractivity contribution in [1.82, 2.24) is 30.2 Å². The van der Waals surface area contributed by atoms with Crippen molar-refractivity contribution in [3.8, 4) is 0 Å². The fraction of sp³-hybridized carbons (Fsp3) is 0.556. The normalized spacial score (nSPS) is 16.2. The Balaban J connectivity index is 1.95. The molecule has 0 radical (unpaired) electrons. The van der Waals surface area contributed by atoms with Gasteiger partial charge in [0.2, 0.25) is 5.91 Å². The Labute approximate surface area is 255 Å². The average Bonchev–Trinajstić information content (AvgIpc) is 2.94. The van der Waals surface area contributed by atoms with E-state index in [9.17, 15) is 39.3 Å². The van der Waals surface area contributed by atoms with Gasteiger partial charge in [-0.15, -0.1) is 0 Å². The number of guanidine groups is 1. The lowest BCUT2D eigenvalue weighted by Gasteiger charge is -2.32. The summed E-state index contributed by atoms with van der Waals surface area (Å²) >= 11 is 0. The molecule has 1 saturated heterocycles. The van der Waals surface area contributed by atoms with Crippen LogP contribution in [0.5, 0.6) is 0 Å². The molecule has 0 bridgehead atoms. The fourth-order valence-electron chi connectivity index (χ4n) is 4.52. The molecule has 2 rings (SSSR count). The van der Waals surface area contributed by atoms with Gasteiger partial charge in [-0.05, 0) is 17.7 Å². The van der Waals surface area contributed by atoms with E-state index in [2.05, 4.69) is 15.6 Å². The first kappa shape index (κ1) is 35.9. The summed E-state index contributed by atoms with van der Waals surface area (Å²) in [5.74, 6) is -3.77. The van der Waals surface area contributed by atoms with Crippen molar-refractivity contribution in [2.75, 3.05) is 91.6 Å². The molecule has 0 unspecified atom stereocenters. The van der Waals surface area contributed by atoms with Gasteiger partial charge in [0.15, 0.2) is 5.96 Å². The number of aliphatic carboxylic acids is 3. The Morgan fingerprint density at radius 1 is 0.682 bits per heavy atom. The molecule has 44 heavy (non-hydrogen) atoms. The Kier molecular flexibility index (Phi) is 15.5. The minimum absolute atomic E-state index is 0.0201. The molecule has 1 heterocycles. The van der Waals surface area contributed by atoms with Gasteiger partial charge < -0.3 is 37.4 Å². The largest absolute Gasteiger partial charge is 0.480 e. The molecule has 17 heteroatoms. The molecule has 1 aliphatic rings. The number of nitrogens with one attached hydrogen (secondary N) is 2. The van der Waals surface area contributed by atoms with E-state index in [1.54, 1.807) is 39.0 Å². The number of hydrogen-bond acceptors (Lipinski definition) is 10. The second-order valence-electron chi connectivity index (χ2n) is 10.3. The minimum Gasteiger partial charge on any atom is -0.480 e. The molecule has 1 aromatic carbocycles. The van der Waals surface area contributed by atoms with Crippen LogP contribution >= 0.6 is 0 Å². The van der Waals surface area contributed by atoms with E-state index in [4.69, 9.17) is 11.5 Å². The Bertz CT molecular complexity index is 1130. The lowest BCUT2D eigenvalue weighted by atomic mass is 10.1. The third-order valence-corrected chi connectivity index (χ3v) is 6.74. The van der Waals surface area contributed by atoms with Gasteiger partial charge in [-0.3, -0.25) is 43.6 Å². The van der Waals surface area contributed by atoms with E-state index < -0.39 is 17.9 Å². The van der Waals surface area contributed by atoms with E-state index in [0.29, 0.717) is 31.7 Å². The zero-order chi connectivity index (χ0) is 32.5. The molecule has 17 nitrogen and oxygen atoms in total. The maximum absolute atomic E-state index is 12.8. The zero-order valence-electron chi connectivity index (χ0n) is 24.7. The molecule has 0 atom stereocenters. The van der Waals surface area contributed by atoms with Crippen molar-refractivity contribution < 1.29 is 39.3 Å². The van der Waals surface area contributed by atoms with Crippen molar-refractivity contribution in [1.29, 1.82) is 0 Å². The van der Waals surface area contributed by atoms with E-state index in [0.717, 1.165) is 5.56 Å². The predicted octanol–water partition coefficient (Wildman–Crippen LogP) is -3.22. The summed E-state index contributed by atoms with van der Waals surface area (Å²) in [7, 11) is 0. The molecule has 9 N–H and O–H groups in total. The van der Waals surface area contributed by atoms with E-state index in [-0.39, 0.29) is 89.8 Å². The number of hydrogen-bond donors (Lipinski definition) is 7. The van der Waals surface area contributed by atoms with Gasteiger partial charge in [0, 0.05) is 71.0 Å². The van der Waals surface area contributed by atoms with Crippen LogP contribution in [0.3, 0.4) is 0 Å². The average molecular weight is 622 g/mol.